The molecule has 0 radical (unpaired) electrons. The summed E-state index contributed by atoms with van der Waals surface area (Å²) in [5, 5.41) is 0. The summed E-state index contributed by atoms with van der Waals surface area (Å²) in [5.74, 6) is -0.465. The minimum absolute atomic E-state index is 0. The van der Waals surface area contributed by atoms with Crippen molar-refractivity contribution in [3.63, 3.8) is 0 Å². The first-order chi connectivity index (χ1) is 3.72. The van der Waals surface area contributed by atoms with Crippen LogP contribution >= 0.6 is 12.4 Å². The van der Waals surface area contributed by atoms with Crippen LogP contribution in [0.5, 0.6) is 0 Å². The molecule has 0 amide bonds. The molecular weight excluding hydrogens is 144 g/mol. The van der Waals surface area contributed by atoms with Crippen molar-refractivity contribution in [1.29, 1.82) is 0 Å². The lowest BCUT2D eigenvalue weighted by atomic mass is 10.3. The predicted molar refractivity (Wildman–Crippen MR) is 36.3 cm³/mol. The number of carbonyl (C=O) groups excluding carboxylic acids is 1. The molecule has 0 bridgehead atoms. The number of methoxy groups -OCH3 is 1. The summed E-state index contributed by atoms with van der Waals surface area (Å²) in [5.41, 5.74) is 10.2. The van der Waals surface area contributed by atoms with Crippen LogP contribution in [0.15, 0.2) is 0 Å². The quantitative estimate of drug-likeness (QED) is 0.494. The van der Waals surface area contributed by atoms with Gasteiger partial charge in [0.2, 0.25) is 0 Å². The zero-order chi connectivity index (χ0) is 6.57. The topological polar surface area (TPSA) is 78.3 Å². The van der Waals surface area contributed by atoms with E-state index in [4.69, 9.17) is 11.5 Å². The number of hydrogen-bond donors (Lipinski definition) is 2. The molecule has 0 saturated heterocycles. The standard InChI is InChI=1S/C4H10N2O2.ClH/c1-8-4(7)3(6)2-5;/h3H,2,5-6H2,1H3;1H/t3-;/m0./s1. The van der Waals surface area contributed by atoms with Crippen molar-refractivity contribution in [3.8, 4) is 0 Å². The molecule has 9 heavy (non-hydrogen) atoms. The predicted octanol–water partition coefficient (Wildman–Crippen LogP) is -1.13. The lowest BCUT2D eigenvalue weighted by molar-refractivity contribution is -0.141. The maximum atomic E-state index is 10.3. The van der Waals surface area contributed by atoms with Gasteiger partial charge in [-0.2, -0.15) is 0 Å². The Bertz CT molecular complexity index is 88.6. The van der Waals surface area contributed by atoms with Crippen LogP contribution in [0.2, 0.25) is 0 Å². The van der Waals surface area contributed by atoms with E-state index in [0.29, 0.717) is 0 Å². The molecule has 5 heteroatoms. The molecule has 0 heterocycles. The third-order valence-corrected chi connectivity index (χ3v) is 0.758. The Hall–Kier alpha value is -0.320. The van der Waals surface area contributed by atoms with Crippen LogP contribution in [0.3, 0.4) is 0 Å². The van der Waals surface area contributed by atoms with Gasteiger partial charge >= 0.3 is 5.97 Å². The highest BCUT2D eigenvalue weighted by Crippen LogP contribution is 1.76. The molecule has 0 aromatic rings. The van der Waals surface area contributed by atoms with E-state index < -0.39 is 12.0 Å². The molecule has 0 aliphatic carbocycles. The molecule has 1 atom stereocenters. The zero-order valence-electron chi connectivity index (χ0n) is 5.16. The van der Waals surface area contributed by atoms with E-state index in [9.17, 15) is 4.79 Å². The van der Waals surface area contributed by atoms with Crippen LogP contribution in [-0.2, 0) is 9.53 Å². The van der Waals surface area contributed by atoms with Crippen LogP contribution in [0.1, 0.15) is 0 Å². The van der Waals surface area contributed by atoms with Gasteiger partial charge in [-0.1, -0.05) is 0 Å². The van der Waals surface area contributed by atoms with Crippen LogP contribution < -0.4 is 11.5 Å². The molecule has 56 valence electrons. The van der Waals surface area contributed by atoms with Gasteiger partial charge in [0.05, 0.1) is 7.11 Å². The molecule has 0 aromatic heterocycles. The average molecular weight is 155 g/mol. The fourth-order valence-corrected chi connectivity index (χ4v) is 0.248. The van der Waals surface area contributed by atoms with Gasteiger partial charge in [0.15, 0.2) is 0 Å². The fraction of sp³-hybridized carbons (Fsp3) is 0.750. The Balaban J connectivity index is 0. The summed E-state index contributed by atoms with van der Waals surface area (Å²) in [6.45, 7) is 0.132. The Morgan fingerprint density at radius 3 is 2.33 bits per heavy atom. The van der Waals surface area contributed by atoms with Gasteiger partial charge in [-0.25, -0.2) is 0 Å². The number of halogens is 1. The SMILES string of the molecule is COC(=O)[C@@H](N)CN.Cl. The summed E-state index contributed by atoms with van der Waals surface area (Å²) in [7, 11) is 1.28. The molecule has 0 rings (SSSR count). The minimum Gasteiger partial charge on any atom is -0.468 e. The van der Waals surface area contributed by atoms with Crippen LogP contribution in [-0.4, -0.2) is 25.7 Å². The van der Waals surface area contributed by atoms with E-state index in [1.54, 1.807) is 0 Å². The van der Waals surface area contributed by atoms with Gasteiger partial charge in [0.25, 0.3) is 0 Å². The highest BCUT2D eigenvalue weighted by molar-refractivity contribution is 5.85. The number of rotatable bonds is 2. The first-order valence-electron chi connectivity index (χ1n) is 2.26. The lowest BCUT2D eigenvalue weighted by Crippen LogP contribution is -2.38. The van der Waals surface area contributed by atoms with Crippen molar-refractivity contribution in [2.45, 2.75) is 6.04 Å². The molecule has 0 spiro atoms. The van der Waals surface area contributed by atoms with Crippen molar-refractivity contribution in [2.24, 2.45) is 11.5 Å². The second-order valence-electron chi connectivity index (χ2n) is 1.37. The summed E-state index contributed by atoms with van der Waals surface area (Å²) in [6.07, 6.45) is 0. The van der Waals surface area contributed by atoms with E-state index in [2.05, 4.69) is 4.74 Å². The first kappa shape index (κ1) is 11.5. The largest absolute Gasteiger partial charge is 0.468 e. The normalized spacial score (nSPS) is 11.4. The third-order valence-electron chi connectivity index (χ3n) is 0.758. The summed E-state index contributed by atoms with van der Waals surface area (Å²) < 4.78 is 4.26. The van der Waals surface area contributed by atoms with Gasteiger partial charge in [-0.3, -0.25) is 4.79 Å². The van der Waals surface area contributed by atoms with Crippen molar-refractivity contribution >= 4 is 18.4 Å². The van der Waals surface area contributed by atoms with Gasteiger partial charge in [0, 0.05) is 6.54 Å². The number of nitrogens with two attached hydrogens (primary N) is 2. The van der Waals surface area contributed by atoms with Gasteiger partial charge in [-0.15, -0.1) is 12.4 Å². The van der Waals surface area contributed by atoms with E-state index in [1.165, 1.54) is 7.11 Å². The second-order valence-corrected chi connectivity index (χ2v) is 1.37. The zero-order valence-corrected chi connectivity index (χ0v) is 5.98. The molecule has 0 aromatic carbocycles. The van der Waals surface area contributed by atoms with Crippen molar-refractivity contribution in [1.82, 2.24) is 0 Å². The maximum Gasteiger partial charge on any atom is 0.323 e. The van der Waals surface area contributed by atoms with Crippen molar-refractivity contribution < 1.29 is 9.53 Å². The molecular formula is C4H11ClN2O2. The monoisotopic (exact) mass is 154 g/mol. The number of hydrogen-bond acceptors (Lipinski definition) is 4. The summed E-state index contributed by atoms with van der Waals surface area (Å²) >= 11 is 0. The number of carbonyl (C=O) groups is 1. The molecule has 0 aliphatic heterocycles. The van der Waals surface area contributed by atoms with Crippen LogP contribution in [0, 0.1) is 0 Å². The van der Waals surface area contributed by atoms with Crippen LogP contribution in [0.4, 0.5) is 0 Å². The van der Waals surface area contributed by atoms with Gasteiger partial charge in [0.1, 0.15) is 6.04 Å². The Morgan fingerprint density at radius 2 is 2.22 bits per heavy atom. The van der Waals surface area contributed by atoms with Crippen molar-refractivity contribution in [2.75, 3.05) is 13.7 Å². The highest BCUT2D eigenvalue weighted by atomic mass is 35.5. The van der Waals surface area contributed by atoms with E-state index in [-0.39, 0.29) is 19.0 Å². The van der Waals surface area contributed by atoms with Gasteiger partial charge in [-0.05, 0) is 0 Å². The molecule has 0 saturated carbocycles. The fourth-order valence-electron chi connectivity index (χ4n) is 0.248. The Labute approximate surface area is 59.9 Å². The molecule has 0 aliphatic rings. The average Bonchev–Trinajstić information content (AvgIpc) is 1.84. The number of esters is 1. The molecule has 4 nitrogen and oxygen atoms in total. The Kier molecular flexibility index (Phi) is 7.41. The van der Waals surface area contributed by atoms with E-state index >= 15 is 0 Å². The second kappa shape index (κ2) is 5.81. The van der Waals surface area contributed by atoms with Crippen molar-refractivity contribution in [3.05, 3.63) is 0 Å². The smallest absolute Gasteiger partial charge is 0.323 e. The lowest BCUT2D eigenvalue weighted by Gasteiger charge is -2.03. The van der Waals surface area contributed by atoms with E-state index in [1.807, 2.05) is 0 Å². The highest BCUT2D eigenvalue weighted by Gasteiger charge is 2.09. The minimum atomic E-state index is -0.667. The van der Waals surface area contributed by atoms with E-state index in [0.717, 1.165) is 0 Å². The number of ether oxygens (including phenoxy) is 1. The summed E-state index contributed by atoms with van der Waals surface area (Å²) in [6, 6.07) is -0.667. The summed E-state index contributed by atoms with van der Waals surface area (Å²) in [4.78, 5) is 10.3. The van der Waals surface area contributed by atoms with Crippen LogP contribution in [0.25, 0.3) is 0 Å². The maximum absolute atomic E-state index is 10.3. The molecule has 4 N–H and O–H groups in total. The molecule has 0 fully saturated rings. The molecule has 0 unspecified atom stereocenters. The van der Waals surface area contributed by atoms with Gasteiger partial charge < -0.3 is 16.2 Å². The Morgan fingerprint density at radius 1 is 1.78 bits per heavy atom. The third kappa shape index (κ3) is 4.20. The first-order valence-corrected chi connectivity index (χ1v) is 2.26.